The summed E-state index contributed by atoms with van der Waals surface area (Å²) in [6, 6.07) is 1.67. The smallest absolute Gasteiger partial charge is 0.267 e. The lowest BCUT2D eigenvalue weighted by atomic mass is 10.2. The van der Waals surface area contributed by atoms with Crippen molar-refractivity contribution in [3.05, 3.63) is 11.8 Å². The molecule has 0 spiro atoms. The van der Waals surface area contributed by atoms with Crippen molar-refractivity contribution in [3.63, 3.8) is 0 Å². The minimum Gasteiger partial charge on any atom is -0.369 e. The molecule has 1 amide bonds. The molecule has 0 saturated carbocycles. The highest BCUT2D eigenvalue weighted by atomic mass is 35.5. The molecule has 3 N–H and O–H groups in total. The van der Waals surface area contributed by atoms with Crippen molar-refractivity contribution in [3.8, 4) is 0 Å². The van der Waals surface area contributed by atoms with Gasteiger partial charge in [0, 0.05) is 19.7 Å². The summed E-state index contributed by atoms with van der Waals surface area (Å²) in [5.41, 5.74) is 5.60. The van der Waals surface area contributed by atoms with Crippen LogP contribution >= 0.6 is 12.4 Å². The minimum absolute atomic E-state index is 0. The maximum Gasteiger partial charge on any atom is 0.267 e. The average molecular weight is 247 g/mol. The van der Waals surface area contributed by atoms with Crippen LogP contribution in [0, 0.1) is 0 Å². The van der Waals surface area contributed by atoms with E-state index in [-0.39, 0.29) is 12.4 Å². The molecule has 0 aliphatic carbocycles. The lowest BCUT2D eigenvalue weighted by Crippen LogP contribution is -2.15. The Hall–Kier alpha value is -1.23. The molecular weight excluding hydrogens is 228 g/mol. The molecule has 1 rings (SSSR count). The van der Waals surface area contributed by atoms with Crippen molar-refractivity contribution in [2.75, 3.05) is 11.9 Å². The van der Waals surface area contributed by atoms with Crippen LogP contribution < -0.4 is 11.1 Å². The zero-order valence-electron chi connectivity index (χ0n) is 9.69. The van der Waals surface area contributed by atoms with Gasteiger partial charge in [0.05, 0.1) is 0 Å². The van der Waals surface area contributed by atoms with Crippen LogP contribution in [0.2, 0.25) is 0 Å². The third kappa shape index (κ3) is 4.10. The second-order valence-electron chi connectivity index (χ2n) is 3.54. The predicted octanol–water partition coefficient (Wildman–Crippen LogP) is 1.54. The van der Waals surface area contributed by atoms with E-state index >= 15 is 0 Å². The van der Waals surface area contributed by atoms with Gasteiger partial charge in [0.25, 0.3) is 5.91 Å². The fourth-order valence-electron chi connectivity index (χ4n) is 1.38. The Morgan fingerprint density at radius 3 is 2.75 bits per heavy atom. The highest BCUT2D eigenvalue weighted by Crippen LogP contribution is 2.07. The first-order valence-corrected chi connectivity index (χ1v) is 5.23. The van der Waals surface area contributed by atoms with Gasteiger partial charge >= 0.3 is 0 Å². The number of carbonyl (C=O) groups excluding carboxylic acids is 1. The molecule has 0 bridgehead atoms. The number of primary amides is 1. The molecule has 0 unspecified atom stereocenters. The van der Waals surface area contributed by atoms with E-state index in [9.17, 15) is 4.79 Å². The molecule has 0 saturated heterocycles. The first-order chi connectivity index (χ1) is 7.15. The average Bonchev–Trinajstić information content (AvgIpc) is 2.55. The third-order valence-electron chi connectivity index (χ3n) is 2.22. The van der Waals surface area contributed by atoms with Crippen molar-refractivity contribution in [2.24, 2.45) is 12.8 Å². The van der Waals surface area contributed by atoms with Crippen LogP contribution in [0.1, 0.15) is 36.7 Å². The summed E-state index contributed by atoms with van der Waals surface area (Å²) < 4.78 is 1.49. The van der Waals surface area contributed by atoms with E-state index in [1.54, 1.807) is 13.1 Å². The number of hydrogen-bond acceptors (Lipinski definition) is 3. The van der Waals surface area contributed by atoms with Crippen molar-refractivity contribution in [1.82, 2.24) is 9.78 Å². The third-order valence-corrected chi connectivity index (χ3v) is 2.22. The van der Waals surface area contributed by atoms with Crippen molar-refractivity contribution < 1.29 is 4.79 Å². The molecule has 0 atom stereocenters. The highest BCUT2D eigenvalue weighted by molar-refractivity contribution is 5.91. The molecule has 0 aliphatic rings. The molecule has 16 heavy (non-hydrogen) atoms. The summed E-state index contributed by atoms with van der Waals surface area (Å²) in [4.78, 5) is 10.9. The van der Waals surface area contributed by atoms with Crippen LogP contribution in [0.15, 0.2) is 6.07 Å². The first-order valence-electron chi connectivity index (χ1n) is 5.23. The zero-order valence-corrected chi connectivity index (χ0v) is 10.5. The summed E-state index contributed by atoms with van der Waals surface area (Å²) >= 11 is 0. The second kappa shape index (κ2) is 7.11. The summed E-state index contributed by atoms with van der Waals surface area (Å²) in [5.74, 6) is 0.258. The van der Waals surface area contributed by atoms with Crippen LogP contribution in [-0.4, -0.2) is 22.2 Å². The Labute approximate surface area is 102 Å². The van der Waals surface area contributed by atoms with Gasteiger partial charge in [-0.3, -0.25) is 9.48 Å². The highest BCUT2D eigenvalue weighted by Gasteiger charge is 2.08. The number of hydrogen-bond donors (Lipinski definition) is 2. The predicted molar refractivity (Wildman–Crippen MR) is 67.0 cm³/mol. The Bertz CT molecular complexity index is 338. The SMILES string of the molecule is CCCCCNc1cc(C(N)=O)n(C)n1.Cl. The van der Waals surface area contributed by atoms with Crippen molar-refractivity contribution >= 4 is 24.1 Å². The van der Waals surface area contributed by atoms with E-state index < -0.39 is 5.91 Å². The number of anilines is 1. The summed E-state index contributed by atoms with van der Waals surface area (Å²) in [7, 11) is 1.71. The summed E-state index contributed by atoms with van der Waals surface area (Å²) in [6.07, 6.45) is 3.50. The number of aryl methyl sites for hydroxylation is 1. The maximum absolute atomic E-state index is 10.9. The van der Waals surface area contributed by atoms with Gasteiger partial charge in [-0.2, -0.15) is 5.10 Å². The van der Waals surface area contributed by atoms with Crippen LogP contribution in [0.4, 0.5) is 5.82 Å². The summed E-state index contributed by atoms with van der Waals surface area (Å²) in [5, 5.41) is 7.29. The monoisotopic (exact) mass is 246 g/mol. The van der Waals surface area contributed by atoms with Gasteiger partial charge in [-0.05, 0) is 6.42 Å². The van der Waals surface area contributed by atoms with E-state index in [0.717, 1.165) is 13.0 Å². The van der Waals surface area contributed by atoms with Crippen molar-refractivity contribution in [1.29, 1.82) is 0 Å². The van der Waals surface area contributed by atoms with Gasteiger partial charge in [0.1, 0.15) is 11.5 Å². The van der Waals surface area contributed by atoms with Crippen LogP contribution in [0.25, 0.3) is 0 Å². The standard InChI is InChI=1S/C10H18N4O.ClH/c1-3-4-5-6-12-9-7-8(10(11)15)14(2)13-9;/h7H,3-6H2,1-2H3,(H2,11,15)(H,12,13);1H. The lowest BCUT2D eigenvalue weighted by Gasteiger charge is -2.00. The zero-order chi connectivity index (χ0) is 11.3. The molecule has 1 aromatic rings. The number of rotatable bonds is 6. The topological polar surface area (TPSA) is 72.9 Å². The largest absolute Gasteiger partial charge is 0.369 e. The molecule has 0 aromatic carbocycles. The number of aromatic nitrogens is 2. The fourth-order valence-corrected chi connectivity index (χ4v) is 1.38. The molecular formula is C10H19ClN4O. The first kappa shape index (κ1) is 14.8. The van der Waals surface area contributed by atoms with E-state index in [1.807, 2.05) is 0 Å². The molecule has 1 aromatic heterocycles. The number of halogens is 1. The van der Waals surface area contributed by atoms with E-state index in [4.69, 9.17) is 5.73 Å². The normalized spacial score (nSPS) is 9.62. The molecule has 6 heteroatoms. The van der Waals surface area contributed by atoms with Gasteiger partial charge in [-0.1, -0.05) is 19.8 Å². The number of nitrogens with two attached hydrogens (primary N) is 1. The number of amides is 1. The maximum atomic E-state index is 10.9. The Balaban J connectivity index is 0.00000225. The molecule has 1 heterocycles. The Morgan fingerprint density at radius 1 is 1.56 bits per heavy atom. The van der Waals surface area contributed by atoms with E-state index in [1.165, 1.54) is 17.5 Å². The van der Waals surface area contributed by atoms with Gasteiger partial charge < -0.3 is 11.1 Å². The van der Waals surface area contributed by atoms with Gasteiger partial charge in [-0.15, -0.1) is 12.4 Å². The van der Waals surface area contributed by atoms with E-state index in [0.29, 0.717) is 11.5 Å². The van der Waals surface area contributed by atoms with Crippen LogP contribution in [0.5, 0.6) is 0 Å². The lowest BCUT2D eigenvalue weighted by molar-refractivity contribution is 0.0991. The van der Waals surface area contributed by atoms with Crippen LogP contribution in [-0.2, 0) is 7.05 Å². The second-order valence-corrected chi connectivity index (χ2v) is 3.54. The molecule has 0 fully saturated rings. The van der Waals surface area contributed by atoms with Gasteiger partial charge in [-0.25, -0.2) is 0 Å². The quantitative estimate of drug-likeness (QED) is 0.748. The van der Waals surface area contributed by atoms with Gasteiger partial charge in [0.2, 0.25) is 0 Å². The molecule has 0 aliphatic heterocycles. The number of carbonyl (C=O) groups is 1. The van der Waals surface area contributed by atoms with Crippen molar-refractivity contribution in [2.45, 2.75) is 26.2 Å². The van der Waals surface area contributed by atoms with E-state index in [2.05, 4.69) is 17.3 Å². The van der Waals surface area contributed by atoms with Crippen LogP contribution in [0.3, 0.4) is 0 Å². The summed E-state index contributed by atoms with van der Waals surface area (Å²) in [6.45, 7) is 3.04. The molecule has 92 valence electrons. The number of nitrogens with zero attached hydrogens (tertiary/aromatic N) is 2. The number of nitrogens with one attached hydrogen (secondary N) is 1. The van der Waals surface area contributed by atoms with Gasteiger partial charge in [0.15, 0.2) is 0 Å². The number of unbranched alkanes of at least 4 members (excludes halogenated alkanes) is 2. The Kier molecular flexibility index (Phi) is 6.56. The molecule has 5 nitrogen and oxygen atoms in total. The fraction of sp³-hybridized carbons (Fsp3) is 0.600. The molecule has 0 radical (unpaired) electrons. The Morgan fingerprint density at radius 2 is 2.25 bits per heavy atom. The minimum atomic E-state index is -0.452.